The number of ether oxygens (including phenoxy) is 1. The van der Waals surface area contributed by atoms with E-state index in [1.54, 1.807) is 0 Å². The fourth-order valence-electron chi connectivity index (χ4n) is 3.27. The van der Waals surface area contributed by atoms with E-state index in [0.29, 0.717) is 4.83 Å². The topological polar surface area (TPSA) is 9.23 Å². The van der Waals surface area contributed by atoms with Crippen LogP contribution in [0.3, 0.4) is 0 Å². The summed E-state index contributed by atoms with van der Waals surface area (Å²) in [4.78, 5) is 0.423. The lowest BCUT2D eigenvalue weighted by Gasteiger charge is -2.51. The first-order chi connectivity index (χ1) is 8.63. The van der Waals surface area contributed by atoms with Gasteiger partial charge in [0.1, 0.15) is 6.10 Å². The molecule has 0 heterocycles. The fourth-order valence-corrected chi connectivity index (χ4v) is 4.36. The zero-order valence-corrected chi connectivity index (χ0v) is 11.6. The van der Waals surface area contributed by atoms with Crippen molar-refractivity contribution in [3.63, 3.8) is 0 Å². The number of para-hydroxylation sites is 1. The molecule has 2 aliphatic rings. The summed E-state index contributed by atoms with van der Waals surface area (Å²) in [6.07, 6.45) is 5.31. The van der Waals surface area contributed by atoms with Gasteiger partial charge >= 0.3 is 0 Å². The van der Waals surface area contributed by atoms with E-state index in [4.69, 9.17) is 4.74 Å². The maximum Gasteiger partial charge on any atom is 0.191 e. The second-order valence-corrected chi connectivity index (χ2v) is 6.41. The van der Waals surface area contributed by atoms with Crippen LogP contribution in [-0.4, -0.2) is 10.9 Å². The van der Waals surface area contributed by atoms with Gasteiger partial charge in [0.25, 0.3) is 0 Å². The van der Waals surface area contributed by atoms with E-state index in [1.165, 1.54) is 31.0 Å². The summed E-state index contributed by atoms with van der Waals surface area (Å²) in [6.45, 7) is 0. The van der Waals surface area contributed by atoms with Crippen molar-refractivity contribution in [3.05, 3.63) is 29.8 Å². The van der Waals surface area contributed by atoms with E-state index in [-0.39, 0.29) is 17.3 Å². The molecule has 2 unspecified atom stereocenters. The molecule has 0 N–H and O–H groups in total. The third kappa shape index (κ3) is 1.77. The molecule has 2 aliphatic carbocycles. The normalized spacial score (nSPS) is 29.3. The van der Waals surface area contributed by atoms with E-state index in [1.807, 2.05) is 0 Å². The van der Waals surface area contributed by atoms with Crippen molar-refractivity contribution in [1.29, 1.82) is 0 Å². The highest BCUT2D eigenvalue weighted by atomic mass is 79.9. The van der Waals surface area contributed by atoms with E-state index < -0.39 is 11.6 Å². The van der Waals surface area contributed by atoms with Gasteiger partial charge in [-0.25, -0.2) is 8.78 Å². The van der Waals surface area contributed by atoms with Crippen molar-refractivity contribution in [2.24, 2.45) is 5.41 Å². The molecular weight excluding hydrogens is 302 g/mol. The highest BCUT2D eigenvalue weighted by Crippen LogP contribution is 2.57. The predicted octanol–water partition coefficient (Wildman–Crippen LogP) is 4.44. The first-order valence-corrected chi connectivity index (χ1v) is 7.30. The van der Waals surface area contributed by atoms with Gasteiger partial charge in [-0.15, -0.1) is 0 Å². The fraction of sp³-hybridized carbons (Fsp3) is 0.571. The summed E-state index contributed by atoms with van der Waals surface area (Å²) in [5.41, 5.74) is 0.0920. The summed E-state index contributed by atoms with van der Waals surface area (Å²) in [6, 6.07) is 3.84. The van der Waals surface area contributed by atoms with E-state index in [9.17, 15) is 8.78 Å². The zero-order chi connectivity index (χ0) is 12.8. The van der Waals surface area contributed by atoms with Crippen LogP contribution in [0.5, 0.6) is 5.75 Å². The van der Waals surface area contributed by atoms with Crippen molar-refractivity contribution >= 4 is 15.9 Å². The summed E-state index contributed by atoms with van der Waals surface area (Å²) >= 11 is 3.67. The SMILES string of the molecule is Fc1cccc(F)c1OC1CC(Br)C12CCCC2. The van der Waals surface area contributed by atoms with E-state index >= 15 is 0 Å². The number of hydrogen-bond donors (Lipinski definition) is 0. The smallest absolute Gasteiger partial charge is 0.191 e. The molecule has 18 heavy (non-hydrogen) atoms. The van der Waals surface area contributed by atoms with Crippen molar-refractivity contribution < 1.29 is 13.5 Å². The average Bonchev–Trinajstić information content (AvgIpc) is 2.84. The highest BCUT2D eigenvalue weighted by Gasteiger charge is 2.56. The van der Waals surface area contributed by atoms with Crippen LogP contribution < -0.4 is 4.74 Å². The lowest BCUT2D eigenvalue weighted by atomic mass is 9.64. The van der Waals surface area contributed by atoms with Crippen LogP contribution in [0.15, 0.2) is 18.2 Å². The van der Waals surface area contributed by atoms with Gasteiger partial charge in [-0.2, -0.15) is 0 Å². The standard InChI is InChI=1S/C14H15BrF2O/c15-11-8-12(14(11)6-1-2-7-14)18-13-9(16)4-3-5-10(13)17/h3-5,11-12H,1-2,6-8H2. The lowest BCUT2D eigenvalue weighted by Crippen LogP contribution is -2.55. The molecule has 0 radical (unpaired) electrons. The van der Waals surface area contributed by atoms with Crippen LogP contribution in [0.25, 0.3) is 0 Å². The van der Waals surface area contributed by atoms with Gasteiger partial charge in [-0.05, 0) is 31.4 Å². The van der Waals surface area contributed by atoms with Gasteiger partial charge in [0.2, 0.25) is 0 Å². The zero-order valence-electron chi connectivity index (χ0n) is 9.96. The molecule has 0 aliphatic heterocycles. The Bertz CT molecular complexity index is 437. The Hall–Kier alpha value is -0.640. The van der Waals surface area contributed by atoms with Crippen molar-refractivity contribution in [1.82, 2.24) is 0 Å². The second kappa shape index (κ2) is 4.48. The average molecular weight is 317 g/mol. The molecule has 1 aromatic rings. The molecule has 2 fully saturated rings. The summed E-state index contributed by atoms with van der Waals surface area (Å²) in [7, 11) is 0. The summed E-state index contributed by atoms with van der Waals surface area (Å²) < 4.78 is 32.8. The lowest BCUT2D eigenvalue weighted by molar-refractivity contribution is -0.0345. The number of benzene rings is 1. The van der Waals surface area contributed by atoms with Crippen LogP contribution in [0.2, 0.25) is 0 Å². The van der Waals surface area contributed by atoms with E-state index in [0.717, 1.165) is 19.3 Å². The monoisotopic (exact) mass is 316 g/mol. The first kappa shape index (κ1) is 12.4. The summed E-state index contributed by atoms with van der Waals surface area (Å²) in [5.74, 6) is -1.43. The van der Waals surface area contributed by atoms with Gasteiger partial charge in [-0.1, -0.05) is 34.8 Å². The van der Waals surface area contributed by atoms with Crippen molar-refractivity contribution in [2.75, 3.05) is 0 Å². The van der Waals surface area contributed by atoms with E-state index in [2.05, 4.69) is 15.9 Å². The predicted molar refractivity (Wildman–Crippen MR) is 69.0 cm³/mol. The molecule has 2 atom stereocenters. The molecule has 4 heteroatoms. The molecule has 3 rings (SSSR count). The van der Waals surface area contributed by atoms with Crippen LogP contribution in [0.4, 0.5) is 8.78 Å². The molecule has 0 bridgehead atoms. The minimum atomic E-state index is -0.610. The Morgan fingerprint density at radius 2 is 1.78 bits per heavy atom. The van der Waals surface area contributed by atoms with Crippen LogP contribution >= 0.6 is 15.9 Å². The molecule has 1 aromatic carbocycles. The van der Waals surface area contributed by atoms with Gasteiger partial charge in [0.05, 0.1) is 0 Å². The second-order valence-electron chi connectivity index (χ2n) is 5.30. The van der Waals surface area contributed by atoms with Gasteiger partial charge in [0.15, 0.2) is 17.4 Å². The van der Waals surface area contributed by atoms with Crippen LogP contribution in [-0.2, 0) is 0 Å². The molecule has 1 spiro atoms. The number of rotatable bonds is 2. The molecule has 1 nitrogen and oxygen atoms in total. The maximum absolute atomic E-state index is 13.6. The summed E-state index contributed by atoms with van der Waals surface area (Å²) in [5, 5.41) is 0. The Morgan fingerprint density at radius 1 is 1.17 bits per heavy atom. The number of halogens is 3. The Morgan fingerprint density at radius 3 is 2.33 bits per heavy atom. The molecule has 0 saturated heterocycles. The number of alkyl halides is 1. The molecule has 0 aromatic heterocycles. The molecule has 98 valence electrons. The van der Waals surface area contributed by atoms with Crippen LogP contribution in [0.1, 0.15) is 32.1 Å². The molecular formula is C14H15BrF2O. The Balaban J connectivity index is 1.81. The van der Waals surface area contributed by atoms with Crippen LogP contribution in [0, 0.1) is 17.0 Å². The van der Waals surface area contributed by atoms with Gasteiger partial charge in [-0.3, -0.25) is 0 Å². The van der Waals surface area contributed by atoms with Crippen molar-refractivity contribution in [2.45, 2.75) is 43.0 Å². The number of hydrogen-bond acceptors (Lipinski definition) is 1. The minimum Gasteiger partial charge on any atom is -0.484 e. The molecule has 0 amide bonds. The minimum absolute atomic E-state index is 0.0595. The Labute approximate surface area is 114 Å². The first-order valence-electron chi connectivity index (χ1n) is 6.38. The third-order valence-electron chi connectivity index (χ3n) is 4.40. The van der Waals surface area contributed by atoms with Gasteiger partial charge < -0.3 is 4.74 Å². The largest absolute Gasteiger partial charge is 0.484 e. The van der Waals surface area contributed by atoms with Crippen molar-refractivity contribution in [3.8, 4) is 5.75 Å². The maximum atomic E-state index is 13.6. The Kier molecular flexibility index (Phi) is 3.08. The quantitative estimate of drug-likeness (QED) is 0.733. The third-order valence-corrected chi connectivity index (χ3v) is 5.69. The highest BCUT2D eigenvalue weighted by molar-refractivity contribution is 9.09. The van der Waals surface area contributed by atoms with Gasteiger partial charge in [0, 0.05) is 10.2 Å². The molecule has 2 saturated carbocycles.